The molecule has 0 nitrogen and oxygen atoms in total. The standard InChI is InChI=1S/C12H11.Fe/c1-2-10-8-5-9-12(10)11-6-3-4-7-11;/h2-4,6,8H,1,5,7H2;. The maximum atomic E-state index is 4.07. The summed E-state index contributed by atoms with van der Waals surface area (Å²) in [6.07, 6.45) is 12.6. The Morgan fingerprint density at radius 2 is 2.23 bits per heavy atom. The molecular weight excluding hydrogens is 200 g/mol. The Balaban J connectivity index is 2.36. The Labute approximate surface area is 87.2 Å². The van der Waals surface area contributed by atoms with Crippen LogP contribution >= 0.6 is 0 Å². The Morgan fingerprint density at radius 1 is 1.38 bits per heavy atom. The van der Waals surface area contributed by atoms with Crippen molar-refractivity contribution in [2.24, 2.45) is 0 Å². The molecule has 1 heteroatoms. The van der Waals surface area contributed by atoms with Crippen LogP contribution in [0, 0.1) is 0 Å². The van der Waals surface area contributed by atoms with Gasteiger partial charge in [-0.1, -0.05) is 0 Å². The Morgan fingerprint density at radius 3 is 2.85 bits per heavy atom. The summed E-state index contributed by atoms with van der Waals surface area (Å²) in [6.45, 7) is 3.82. The molecule has 0 aromatic carbocycles. The quantitative estimate of drug-likeness (QED) is 0.615. The molecule has 2 aliphatic carbocycles. The second-order valence-corrected chi connectivity index (χ2v) is 3.82. The number of allylic oxidation sites excluding steroid dienone is 9. The van der Waals surface area contributed by atoms with Crippen LogP contribution in [0.25, 0.3) is 0 Å². The summed E-state index contributed by atoms with van der Waals surface area (Å²) in [7, 11) is 0. The molecule has 0 amide bonds. The molecule has 0 bridgehead atoms. The predicted octanol–water partition coefficient (Wildman–Crippen LogP) is 3.19. The van der Waals surface area contributed by atoms with Gasteiger partial charge in [0.2, 0.25) is 0 Å². The van der Waals surface area contributed by atoms with Crippen molar-refractivity contribution in [2.75, 3.05) is 0 Å². The van der Waals surface area contributed by atoms with E-state index in [1.807, 2.05) is 6.08 Å². The molecule has 0 spiro atoms. The van der Waals surface area contributed by atoms with Crippen LogP contribution in [0.15, 0.2) is 58.1 Å². The first kappa shape index (κ1) is 8.80. The van der Waals surface area contributed by atoms with Crippen molar-refractivity contribution in [1.29, 1.82) is 0 Å². The van der Waals surface area contributed by atoms with Crippen LogP contribution in [0.3, 0.4) is 0 Å². The van der Waals surface area contributed by atoms with Gasteiger partial charge in [0.15, 0.2) is 0 Å². The maximum absolute atomic E-state index is 4.07. The van der Waals surface area contributed by atoms with Crippen molar-refractivity contribution in [3.63, 3.8) is 0 Å². The molecule has 0 N–H and O–H groups in total. The molecule has 2 aliphatic rings. The molecule has 13 heavy (non-hydrogen) atoms. The van der Waals surface area contributed by atoms with Crippen LogP contribution in [0.1, 0.15) is 12.8 Å². The van der Waals surface area contributed by atoms with E-state index in [-0.39, 0.29) is 0 Å². The Kier molecular flexibility index (Phi) is 2.39. The second kappa shape index (κ2) is 3.53. The third-order valence-corrected chi connectivity index (χ3v) is 2.86. The molecule has 0 aromatic rings. The van der Waals surface area contributed by atoms with Crippen molar-refractivity contribution in [2.45, 2.75) is 12.8 Å². The van der Waals surface area contributed by atoms with Gasteiger partial charge >= 0.3 is 87.0 Å². The predicted molar refractivity (Wildman–Crippen MR) is 51.8 cm³/mol. The van der Waals surface area contributed by atoms with Crippen molar-refractivity contribution in [3.8, 4) is 0 Å². The van der Waals surface area contributed by atoms with E-state index in [9.17, 15) is 0 Å². The molecule has 0 unspecified atom stereocenters. The minimum absolute atomic E-state index is 0.980. The summed E-state index contributed by atoms with van der Waals surface area (Å²) >= 11 is 4.07. The van der Waals surface area contributed by atoms with E-state index in [1.54, 1.807) is 0 Å². The van der Waals surface area contributed by atoms with E-state index < -0.39 is 0 Å². The topological polar surface area (TPSA) is 0 Å². The van der Waals surface area contributed by atoms with E-state index in [1.165, 1.54) is 21.2 Å². The first-order valence-electron chi connectivity index (χ1n) is 4.39. The fourth-order valence-corrected chi connectivity index (χ4v) is 2.18. The molecule has 0 fully saturated rings. The van der Waals surface area contributed by atoms with Crippen LogP contribution in [0.5, 0.6) is 0 Å². The third-order valence-electron chi connectivity index (χ3n) is 2.36. The third kappa shape index (κ3) is 1.50. The van der Waals surface area contributed by atoms with E-state index in [0.717, 1.165) is 12.8 Å². The Hall–Kier alpha value is -0.781. The van der Waals surface area contributed by atoms with E-state index in [4.69, 9.17) is 0 Å². The zero-order valence-electron chi connectivity index (χ0n) is 7.36. The van der Waals surface area contributed by atoms with Gasteiger partial charge in [0.25, 0.3) is 0 Å². The average Bonchev–Trinajstić information content (AvgIpc) is 2.72. The van der Waals surface area contributed by atoms with Gasteiger partial charge < -0.3 is 0 Å². The van der Waals surface area contributed by atoms with Gasteiger partial charge in [0.1, 0.15) is 0 Å². The summed E-state index contributed by atoms with van der Waals surface area (Å²) < 4.78 is 1.23. The summed E-state index contributed by atoms with van der Waals surface area (Å²) in [5.41, 5.74) is 3.95. The van der Waals surface area contributed by atoms with Crippen LogP contribution in [-0.2, 0) is 16.0 Å². The van der Waals surface area contributed by atoms with Gasteiger partial charge in [0, 0.05) is 0 Å². The van der Waals surface area contributed by atoms with Crippen LogP contribution in [0.4, 0.5) is 0 Å². The minimum atomic E-state index is 0.980. The van der Waals surface area contributed by atoms with Gasteiger partial charge in [-0.3, -0.25) is 0 Å². The van der Waals surface area contributed by atoms with Crippen LogP contribution in [-0.4, -0.2) is 0 Å². The number of hydrogen-bond acceptors (Lipinski definition) is 0. The van der Waals surface area contributed by atoms with E-state index in [2.05, 4.69) is 46.9 Å². The van der Waals surface area contributed by atoms with Crippen molar-refractivity contribution in [1.82, 2.24) is 0 Å². The molecule has 0 radical (unpaired) electrons. The molecule has 0 aliphatic heterocycles. The van der Waals surface area contributed by atoms with Gasteiger partial charge in [0.05, 0.1) is 0 Å². The molecule has 0 saturated heterocycles. The van der Waals surface area contributed by atoms with Gasteiger partial charge in [-0.2, -0.15) is 0 Å². The molecule has 0 heterocycles. The van der Waals surface area contributed by atoms with Gasteiger partial charge in [-0.05, 0) is 0 Å². The normalized spacial score (nSPS) is 20.7. The molecule has 0 saturated carbocycles. The summed E-state index contributed by atoms with van der Waals surface area (Å²) in [5, 5.41) is 0. The fraction of sp³-hybridized carbons (Fsp3) is 0.167. The Bertz CT molecular complexity index is 365. The summed E-state index contributed by atoms with van der Waals surface area (Å²) in [5.74, 6) is 0. The SMILES string of the molecule is C=CC1=CC[C]([Fe])=C1C1=CC=CC1. The monoisotopic (exact) mass is 211 g/mol. The van der Waals surface area contributed by atoms with Crippen LogP contribution < -0.4 is 0 Å². The number of hydrogen-bond donors (Lipinski definition) is 0. The van der Waals surface area contributed by atoms with Crippen molar-refractivity contribution in [3.05, 3.63) is 58.1 Å². The van der Waals surface area contributed by atoms with E-state index >= 15 is 0 Å². The molecule has 0 atom stereocenters. The molecule has 67 valence electrons. The number of rotatable bonds is 2. The zero-order valence-corrected chi connectivity index (χ0v) is 8.47. The summed E-state index contributed by atoms with van der Waals surface area (Å²) in [6, 6.07) is 0. The molecule has 0 aromatic heterocycles. The average molecular weight is 211 g/mol. The van der Waals surface area contributed by atoms with E-state index in [0.29, 0.717) is 0 Å². The van der Waals surface area contributed by atoms with Gasteiger partial charge in [-0.25, -0.2) is 0 Å². The van der Waals surface area contributed by atoms with Crippen LogP contribution in [0.2, 0.25) is 0 Å². The van der Waals surface area contributed by atoms with Crippen molar-refractivity contribution >= 4 is 0 Å². The fourth-order valence-electron chi connectivity index (χ4n) is 1.73. The molecular formula is C12H11Fe. The molecule has 2 rings (SSSR count). The van der Waals surface area contributed by atoms with Crippen molar-refractivity contribution < 1.29 is 16.0 Å². The summed E-state index contributed by atoms with van der Waals surface area (Å²) in [4.78, 5) is 0. The zero-order chi connectivity index (χ0) is 9.26. The first-order chi connectivity index (χ1) is 6.33. The first-order valence-corrected chi connectivity index (χ1v) is 4.94. The second-order valence-electron chi connectivity index (χ2n) is 3.16. The van der Waals surface area contributed by atoms with Gasteiger partial charge in [-0.15, -0.1) is 0 Å².